The van der Waals surface area contributed by atoms with Gasteiger partial charge in [-0.25, -0.2) is 4.79 Å². The summed E-state index contributed by atoms with van der Waals surface area (Å²) in [5.41, 5.74) is 3.87. The van der Waals surface area contributed by atoms with Crippen molar-refractivity contribution in [2.75, 3.05) is 10.6 Å². The normalized spacial score (nSPS) is 12.0. The molecule has 3 heterocycles. The minimum absolute atomic E-state index is 0.0930. The summed E-state index contributed by atoms with van der Waals surface area (Å²) >= 11 is 1.42. The van der Waals surface area contributed by atoms with Crippen molar-refractivity contribution in [3.05, 3.63) is 88.1 Å². The van der Waals surface area contributed by atoms with Crippen LogP contribution in [-0.4, -0.2) is 38.3 Å². The SMILES string of the molecule is CC(C)(C)OC(=O)NC(C)(C)c1cccc(CC(=O)Nc2cc3c(CCCCc4nnc(NC(=O)Cc5ccccc5)s4)n2-3)c1. The van der Waals surface area contributed by atoms with E-state index in [0.29, 0.717) is 11.6 Å². The van der Waals surface area contributed by atoms with Gasteiger partial charge in [-0.1, -0.05) is 65.9 Å². The fraction of sp³-hybridized carbons (Fsp3) is 0.382. The maximum atomic E-state index is 12.8. The fourth-order valence-electron chi connectivity index (χ4n) is 5.09. The molecule has 3 amide bonds. The summed E-state index contributed by atoms with van der Waals surface area (Å²) in [6.07, 6.45) is 3.71. The average molecular weight is 629 g/mol. The molecule has 0 bridgehead atoms. The van der Waals surface area contributed by atoms with E-state index in [-0.39, 0.29) is 18.2 Å². The topological polar surface area (TPSA) is 127 Å². The Morgan fingerprint density at radius 1 is 0.822 bits per heavy atom. The summed E-state index contributed by atoms with van der Waals surface area (Å²) in [5.74, 6) is 0.619. The second-order valence-corrected chi connectivity index (χ2v) is 13.9. The molecule has 2 aliphatic rings. The van der Waals surface area contributed by atoms with Gasteiger partial charge >= 0.3 is 6.09 Å². The van der Waals surface area contributed by atoms with Crippen molar-refractivity contribution in [3.8, 4) is 5.69 Å². The molecule has 0 saturated carbocycles. The van der Waals surface area contributed by atoms with Gasteiger partial charge in [0.1, 0.15) is 16.4 Å². The van der Waals surface area contributed by atoms with E-state index in [9.17, 15) is 14.4 Å². The third-order valence-corrected chi connectivity index (χ3v) is 8.24. The van der Waals surface area contributed by atoms with Crippen LogP contribution in [0.15, 0.2) is 60.7 Å². The Labute approximate surface area is 267 Å². The summed E-state index contributed by atoms with van der Waals surface area (Å²) in [7, 11) is 0. The van der Waals surface area contributed by atoms with E-state index < -0.39 is 17.2 Å². The molecule has 236 valence electrons. The number of anilines is 2. The molecular formula is C34H40N6O4S. The summed E-state index contributed by atoms with van der Waals surface area (Å²) in [4.78, 5) is 37.4. The third-order valence-electron chi connectivity index (χ3n) is 7.34. The Kier molecular flexibility index (Phi) is 9.38. The lowest BCUT2D eigenvalue weighted by Crippen LogP contribution is -2.43. The summed E-state index contributed by atoms with van der Waals surface area (Å²) in [5, 5.41) is 18.5. The van der Waals surface area contributed by atoms with Crippen LogP contribution in [0.3, 0.4) is 0 Å². The minimum Gasteiger partial charge on any atom is -0.444 e. The Morgan fingerprint density at radius 2 is 1.51 bits per heavy atom. The second-order valence-electron chi connectivity index (χ2n) is 12.8. The number of benzene rings is 2. The number of nitrogens with zero attached hydrogens (tertiary/aromatic N) is 3. The number of hydrogen-bond acceptors (Lipinski definition) is 7. The number of ether oxygens (including phenoxy) is 1. The molecule has 0 saturated heterocycles. The fourth-order valence-corrected chi connectivity index (χ4v) is 5.89. The highest BCUT2D eigenvalue weighted by Gasteiger charge is 2.31. The average Bonchev–Trinajstić information content (AvgIpc) is 3.26. The summed E-state index contributed by atoms with van der Waals surface area (Å²) < 4.78 is 7.50. The van der Waals surface area contributed by atoms with E-state index >= 15 is 0 Å². The Morgan fingerprint density at radius 3 is 2.27 bits per heavy atom. The lowest BCUT2D eigenvalue weighted by molar-refractivity contribution is -0.116. The van der Waals surface area contributed by atoms with Crippen molar-refractivity contribution in [3.63, 3.8) is 0 Å². The first-order valence-corrected chi connectivity index (χ1v) is 16.0. The monoisotopic (exact) mass is 628 g/mol. The Bertz CT molecular complexity index is 1690. The number of alkyl carbamates (subject to hydrolysis) is 1. The maximum absolute atomic E-state index is 12.8. The molecule has 2 aromatic carbocycles. The number of unbranched alkanes of at least 4 members (excludes halogenated alkanes) is 1. The molecular weight excluding hydrogens is 588 g/mol. The number of fused-ring (bicyclic) bond motifs is 1. The molecule has 3 aromatic rings. The van der Waals surface area contributed by atoms with Gasteiger partial charge in [0.05, 0.1) is 24.1 Å². The first-order chi connectivity index (χ1) is 21.4. The van der Waals surface area contributed by atoms with Crippen molar-refractivity contribution in [1.82, 2.24) is 20.1 Å². The maximum Gasteiger partial charge on any atom is 0.408 e. The highest BCUT2D eigenvalue weighted by molar-refractivity contribution is 7.15. The van der Waals surface area contributed by atoms with Crippen LogP contribution in [0.5, 0.6) is 0 Å². The van der Waals surface area contributed by atoms with Gasteiger partial charge in [0.15, 0.2) is 0 Å². The summed E-state index contributed by atoms with van der Waals surface area (Å²) in [6, 6.07) is 19.3. The van der Waals surface area contributed by atoms with E-state index in [4.69, 9.17) is 4.74 Å². The number of carbonyl (C=O) groups is 3. The van der Waals surface area contributed by atoms with E-state index in [1.54, 1.807) is 0 Å². The molecule has 0 radical (unpaired) electrons. The minimum atomic E-state index is -0.671. The smallest absolute Gasteiger partial charge is 0.408 e. The van der Waals surface area contributed by atoms with Crippen LogP contribution in [0.1, 0.15) is 74.9 Å². The first kappa shape index (κ1) is 31.9. The lowest BCUT2D eigenvalue weighted by Gasteiger charge is -2.29. The molecule has 5 rings (SSSR count). The van der Waals surface area contributed by atoms with Crippen LogP contribution in [0.2, 0.25) is 0 Å². The van der Waals surface area contributed by atoms with Gasteiger partial charge in [0.25, 0.3) is 0 Å². The van der Waals surface area contributed by atoms with Crippen molar-refractivity contribution >= 4 is 40.2 Å². The van der Waals surface area contributed by atoms with E-state index in [0.717, 1.165) is 53.2 Å². The van der Waals surface area contributed by atoms with Crippen LogP contribution in [-0.2, 0) is 45.5 Å². The van der Waals surface area contributed by atoms with E-state index in [1.165, 1.54) is 22.7 Å². The number of aromatic nitrogens is 3. The van der Waals surface area contributed by atoms with Crippen LogP contribution in [0, 0.1) is 0 Å². The molecule has 3 N–H and O–H groups in total. The molecule has 0 spiro atoms. The second kappa shape index (κ2) is 13.2. The number of rotatable bonds is 13. The number of aryl methyl sites for hydroxylation is 2. The van der Waals surface area contributed by atoms with Crippen LogP contribution in [0.4, 0.5) is 15.7 Å². The zero-order valence-electron chi connectivity index (χ0n) is 26.4. The van der Waals surface area contributed by atoms with Gasteiger partial charge in [0.2, 0.25) is 16.9 Å². The third kappa shape index (κ3) is 8.78. The van der Waals surface area contributed by atoms with Crippen molar-refractivity contribution in [2.24, 2.45) is 0 Å². The quantitative estimate of drug-likeness (QED) is 0.131. The summed E-state index contributed by atoms with van der Waals surface area (Å²) in [6.45, 7) is 9.29. The van der Waals surface area contributed by atoms with Crippen molar-refractivity contribution < 1.29 is 19.1 Å². The Balaban J connectivity index is 1.03. The predicted molar refractivity (Wildman–Crippen MR) is 176 cm³/mol. The molecule has 0 fully saturated rings. The molecule has 11 heteroatoms. The standard InChI is InChI=1S/C34H40N6O4S/c1-33(2,3)44-32(43)37-34(4,5)24-15-11-14-23(18-24)20-28(41)35-27-21-26-25(40(26)27)16-9-10-17-30-38-39-31(45-30)36-29(42)19-22-12-7-6-8-13-22/h6-8,11-15,18,21H,9-10,16-17,19-20H2,1-5H3,(H,35,41)(H,37,43)(H,36,39,42). The highest BCUT2D eigenvalue weighted by atomic mass is 32.1. The number of hydrogen-bond donors (Lipinski definition) is 3. The van der Waals surface area contributed by atoms with Gasteiger partial charge in [-0.3, -0.25) is 14.2 Å². The number of carbonyl (C=O) groups excluding carboxylic acids is 3. The zero-order chi connectivity index (χ0) is 32.2. The van der Waals surface area contributed by atoms with Crippen molar-refractivity contribution in [2.45, 2.75) is 84.3 Å². The number of amides is 3. The van der Waals surface area contributed by atoms with Crippen molar-refractivity contribution in [1.29, 1.82) is 0 Å². The van der Waals surface area contributed by atoms with Crippen LogP contribution < -0.4 is 16.0 Å². The number of nitrogens with one attached hydrogen (secondary N) is 3. The largest absolute Gasteiger partial charge is 0.444 e. The van der Waals surface area contributed by atoms with E-state index in [1.807, 2.05) is 95.3 Å². The molecule has 0 atom stereocenters. The van der Waals surface area contributed by atoms with Gasteiger partial charge in [-0.2, -0.15) is 0 Å². The highest BCUT2D eigenvalue weighted by Crippen LogP contribution is 2.41. The van der Waals surface area contributed by atoms with E-state index in [2.05, 4.69) is 30.7 Å². The molecule has 0 unspecified atom stereocenters. The van der Waals surface area contributed by atoms with Gasteiger partial charge in [0, 0.05) is 18.2 Å². The van der Waals surface area contributed by atoms with Gasteiger partial charge < -0.3 is 20.7 Å². The Hall–Kier alpha value is -4.51. The first-order valence-electron chi connectivity index (χ1n) is 15.2. The molecule has 45 heavy (non-hydrogen) atoms. The molecule has 0 aliphatic carbocycles. The molecule has 1 aromatic heterocycles. The lowest BCUT2D eigenvalue weighted by atomic mass is 9.92. The van der Waals surface area contributed by atoms with Gasteiger partial charge in [-0.15, -0.1) is 10.2 Å². The molecule has 10 nitrogen and oxygen atoms in total. The zero-order valence-corrected chi connectivity index (χ0v) is 27.2. The molecule has 2 aliphatic heterocycles. The van der Waals surface area contributed by atoms with Gasteiger partial charge in [-0.05, 0) is 70.6 Å². The van der Waals surface area contributed by atoms with Crippen LogP contribution >= 0.6 is 11.3 Å². The predicted octanol–water partition coefficient (Wildman–Crippen LogP) is 6.33. The van der Waals surface area contributed by atoms with Crippen LogP contribution in [0.25, 0.3) is 5.69 Å².